The van der Waals surface area contributed by atoms with E-state index in [-0.39, 0.29) is 35.3 Å². The maximum atomic E-state index is 13.3. The number of nitrogens with one attached hydrogen (secondary N) is 1. The second-order valence-corrected chi connectivity index (χ2v) is 8.52. The second kappa shape index (κ2) is 8.58. The average Bonchev–Trinajstić information content (AvgIpc) is 3.45. The summed E-state index contributed by atoms with van der Waals surface area (Å²) in [6.07, 6.45) is -1.33. The molecule has 5 rings (SSSR count). The van der Waals surface area contributed by atoms with Crippen LogP contribution in [0.3, 0.4) is 0 Å². The lowest BCUT2D eigenvalue weighted by Gasteiger charge is -2.38. The Kier molecular flexibility index (Phi) is 5.59. The molecule has 1 N–H and O–H groups in total. The van der Waals surface area contributed by atoms with Crippen molar-refractivity contribution in [3.8, 4) is 11.4 Å². The number of fused-ring (bicyclic) bond motifs is 1. The SMILES string of the molecule is O=C(N[C@@H]1CCCC[C@H]1N1Cc2ccc(-c3noc(C(F)(F)F)n3)cc2C1=O)c1ccccc1. The fraction of sp³-hybridized carbons (Fsp3) is 0.333. The summed E-state index contributed by atoms with van der Waals surface area (Å²) in [7, 11) is 0. The molecule has 1 fully saturated rings. The van der Waals surface area contributed by atoms with E-state index in [1.165, 1.54) is 6.07 Å². The van der Waals surface area contributed by atoms with E-state index in [0.29, 0.717) is 17.7 Å². The fourth-order valence-electron chi connectivity index (χ4n) is 4.68. The molecule has 2 amide bonds. The zero-order valence-electron chi connectivity index (χ0n) is 18.0. The Labute approximate surface area is 192 Å². The molecular formula is C24H21F3N4O3. The number of amides is 2. The Morgan fingerprint density at radius 1 is 1.09 bits per heavy atom. The average molecular weight is 470 g/mol. The normalized spacial score (nSPS) is 20.3. The number of nitrogens with zero attached hydrogens (tertiary/aromatic N) is 3. The molecule has 34 heavy (non-hydrogen) atoms. The number of benzene rings is 2. The Hall–Kier alpha value is -3.69. The molecule has 1 aliphatic heterocycles. The summed E-state index contributed by atoms with van der Waals surface area (Å²) in [6, 6.07) is 13.3. The highest BCUT2D eigenvalue weighted by atomic mass is 19.4. The number of carbonyl (C=O) groups is 2. The first-order valence-corrected chi connectivity index (χ1v) is 11.0. The van der Waals surface area contributed by atoms with Gasteiger partial charge in [0.15, 0.2) is 0 Å². The predicted octanol–water partition coefficient (Wildman–Crippen LogP) is 4.45. The minimum atomic E-state index is -4.74. The lowest BCUT2D eigenvalue weighted by Crippen LogP contribution is -2.53. The minimum Gasteiger partial charge on any atom is -0.347 e. The van der Waals surface area contributed by atoms with E-state index in [4.69, 9.17) is 0 Å². The molecule has 2 heterocycles. The van der Waals surface area contributed by atoms with Gasteiger partial charge in [-0.25, -0.2) is 0 Å². The summed E-state index contributed by atoms with van der Waals surface area (Å²) >= 11 is 0. The number of hydrogen-bond donors (Lipinski definition) is 1. The van der Waals surface area contributed by atoms with Crippen LogP contribution in [-0.4, -0.2) is 38.9 Å². The second-order valence-electron chi connectivity index (χ2n) is 8.52. The molecule has 7 nitrogen and oxygen atoms in total. The molecule has 176 valence electrons. The Morgan fingerprint density at radius 2 is 1.85 bits per heavy atom. The van der Waals surface area contributed by atoms with Crippen molar-refractivity contribution in [3.63, 3.8) is 0 Å². The van der Waals surface area contributed by atoms with Gasteiger partial charge in [-0.1, -0.05) is 48.3 Å². The van der Waals surface area contributed by atoms with Crippen LogP contribution in [0.15, 0.2) is 53.1 Å². The third-order valence-corrected chi connectivity index (χ3v) is 6.35. The van der Waals surface area contributed by atoms with Crippen LogP contribution in [0.1, 0.15) is 57.9 Å². The first-order valence-electron chi connectivity index (χ1n) is 11.0. The van der Waals surface area contributed by atoms with Gasteiger partial charge in [0.2, 0.25) is 5.82 Å². The van der Waals surface area contributed by atoms with Crippen molar-refractivity contribution in [2.45, 2.75) is 50.5 Å². The predicted molar refractivity (Wildman–Crippen MR) is 115 cm³/mol. The molecule has 2 aromatic carbocycles. The van der Waals surface area contributed by atoms with Crippen LogP contribution in [0.2, 0.25) is 0 Å². The summed E-state index contributed by atoms with van der Waals surface area (Å²) in [6.45, 7) is 0.372. The number of halogens is 3. The molecule has 0 radical (unpaired) electrons. The number of hydrogen-bond acceptors (Lipinski definition) is 5. The van der Waals surface area contributed by atoms with Crippen molar-refractivity contribution in [1.82, 2.24) is 20.4 Å². The van der Waals surface area contributed by atoms with Crippen LogP contribution in [0.25, 0.3) is 11.4 Å². The molecule has 2 atom stereocenters. The summed E-state index contributed by atoms with van der Waals surface area (Å²) in [4.78, 5) is 31.2. The van der Waals surface area contributed by atoms with Crippen LogP contribution in [0, 0.1) is 0 Å². The summed E-state index contributed by atoms with van der Waals surface area (Å²) in [5.74, 6) is -2.06. The van der Waals surface area contributed by atoms with Crippen LogP contribution in [-0.2, 0) is 12.7 Å². The minimum absolute atomic E-state index is 0.174. The molecule has 1 aromatic heterocycles. The third kappa shape index (κ3) is 4.15. The maximum Gasteiger partial charge on any atom is 0.471 e. The van der Waals surface area contributed by atoms with E-state index in [9.17, 15) is 22.8 Å². The van der Waals surface area contributed by atoms with E-state index < -0.39 is 12.1 Å². The van der Waals surface area contributed by atoms with Crippen molar-refractivity contribution in [2.75, 3.05) is 0 Å². The molecule has 0 saturated heterocycles. The standard InChI is InChI=1S/C24H21F3N4O3/c25-24(26,27)23-29-20(30-34-23)15-10-11-16-13-31(22(33)17(16)12-15)19-9-5-4-8-18(19)28-21(32)14-6-2-1-3-7-14/h1-3,6-7,10-12,18-19H,4-5,8-9,13H2,(H,28,32)/t18-,19-/m1/s1. The molecule has 10 heteroatoms. The van der Waals surface area contributed by atoms with Gasteiger partial charge in [0, 0.05) is 29.3 Å². The summed E-state index contributed by atoms with van der Waals surface area (Å²) in [5, 5.41) is 6.50. The van der Waals surface area contributed by atoms with Gasteiger partial charge in [-0.3, -0.25) is 9.59 Å². The maximum absolute atomic E-state index is 13.3. The van der Waals surface area contributed by atoms with Gasteiger partial charge in [-0.15, -0.1) is 0 Å². The van der Waals surface area contributed by atoms with E-state index >= 15 is 0 Å². The molecule has 1 aliphatic carbocycles. The van der Waals surface area contributed by atoms with Gasteiger partial charge < -0.3 is 14.7 Å². The van der Waals surface area contributed by atoms with Gasteiger partial charge in [0.25, 0.3) is 11.8 Å². The van der Waals surface area contributed by atoms with Crippen molar-refractivity contribution in [2.24, 2.45) is 0 Å². The first-order chi connectivity index (χ1) is 16.3. The van der Waals surface area contributed by atoms with Crippen molar-refractivity contribution in [3.05, 3.63) is 71.1 Å². The highest BCUT2D eigenvalue weighted by Gasteiger charge is 2.40. The zero-order chi connectivity index (χ0) is 23.9. The third-order valence-electron chi connectivity index (χ3n) is 6.35. The van der Waals surface area contributed by atoms with Crippen molar-refractivity contribution < 1.29 is 27.3 Å². The summed E-state index contributed by atoms with van der Waals surface area (Å²) < 4.78 is 42.7. The zero-order valence-corrected chi connectivity index (χ0v) is 18.0. The summed E-state index contributed by atoms with van der Waals surface area (Å²) in [5.41, 5.74) is 2.00. The molecule has 0 spiro atoms. The smallest absolute Gasteiger partial charge is 0.347 e. The Balaban J connectivity index is 1.36. The van der Waals surface area contributed by atoms with E-state index in [2.05, 4.69) is 20.0 Å². The number of alkyl halides is 3. The van der Waals surface area contributed by atoms with Crippen molar-refractivity contribution in [1.29, 1.82) is 0 Å². The number of aromatic nitrogens is 2. The molecule has 3 aromatic rings. The highest BCUT2D eigenvalue weighted by Crippen LogP contribution is 2.34. The van der Waals surface area contributed by atoms with Crippen LogP contribution in [0.4, 0.5) is 13.2 Å². The molecule has 1 saturated carbocycles. The Morgan fingerprint density at radius 3 is 2.59 bits per heavy atom. The van der Waals surface area contributed by atoms with Crippen LogP contribution < -0.4 is 5.32 Å². The van der Waals surface area contributed by atoms with E-state index in [1.807, 2.05) is 6.07 Å². The topological polar surface area (TPSA) is 88.3 Å². The van der Waals surface area contributed by atoms with E-state index in [1.54, 1.807) is 41.3 Å². The Bertz CT molecular complexity index is 1230. The monoisotopic (exact) mass is 470 g/mol. The van der Waals surface area contributed by atoms with Crippen LogP contribution in [0.5, 0.6) is 0 Å². The highest BCUT2D eigenvalue weighted by molar-refractivity contribution is 6.00. The molecule has 2 aliphatic rings. The molecular weight excluding hydrogens is 449 g/mol. The van der Waals surface area contributed by atoms with Crippen molar-refractivity contribution >= 4 is 11.8 Å². The molecule has 0 bridgehead atoms. The van der Waals surface area contributed by atoms with Gasteiger partial charge in [0.05, 0.1) is 6.04 Å². The quantitative estimate of drug-likeness (QED) is 0.609. The van der Waals surface area contributed by atoms with Gasteiger partial charge in [-0.05, 0) is 36.6 Å². The van der Waals surface area contributed by atoms with Gasteiger partial charge in [-0.2, -0.15) is 18.2 Å². The van der Waals surface area contributed by atoms with Gasteiger partial charge in [0.1, 0.15) is 0 Å². The van der Waals surface area contributed by atoms with Crippen LogP contribution >= 0.6 is 0 Å². The first kappa shape index (κ1) is 22.1. The number of rotatable bonds is 4. The van der Waals surface area contributed by atoms with E-state index in [0.717, 1.165) is 31.2 Å². The van der Waals surface area contributed by atoms with Gasteiger partial charge >= 0.3 is 12.1 Å². The number of carbonyl (C=O) groups excluding carboxylic acids is 2. The lowest BCUT2D eigenvalue weighted by atomic mass is 9.89. The lowest BCUT2D eigenvalue weighted by molar-refractivity contribution is -0.159. The molecule has 0 unspecified atom stereocenters. The largest absolute Gasteiger partial charge is 0.471 e. The fourth-order valence-corrected chi connectivity index (χ4v) is 4.68.